The van der Waals surface area contributed by atoms with E-state index in [0.29, 0.717) is 5.56 Å². The van der Waals surface area contributed by atoms with E-state index in [1.165, 1.54) is 0 Å². The molecule has 3 heteroatoms. The van der Waals surface area contributed by atoms with Gasteiger partial charge in [-0.25, -0.2) is 0 Å². The van der Waals surface area contributed by atoms with Gasteiger partial charge in [0, 0.05) is 24.4 Å². The number of rotatable bonds is 2. The molecule has 0 fully saturated rings. The maximum absolute atomic E-state index is 10.6. The molecule has 0 aliphatic heterocycles. The monoisotopic (exact) mass is 200 g/mol. The zero-order chi connectivity index (χ0) is 10.8. The summed E-state index contributed by atoms with van der Waals surface area (Å²) >= 11 is 0. The van der Waals surface area contributed by atoms with Crippen molar-refractivity contribution in [3.63, 3.8) is 0 Å². The van der Waals surface area contributed by atoms with Crippen LogP contribution in [0.5, 0.6) is 0 Å². The number of benzene rings is 1. The minimum absolute atomic E-state index is 0.708. The Hall–Kier alpha value is -1.90. The largest absolute Gasteiger partial charge is 0.298 e. The second kappa shape index (κ2) is 3.69. The van der Waals surface area contributed by atoms with Crippen LogP contribution >= 0.6 is 0 Å². The lowest BCUT2D eigenvalue weighted by Crippen LogP contribution is -1.86. The van der Waals surface area contributed by atoms with E-state index in [0.717, 1.165) is 23.0 Å². The van der Waals surface area contributed by atoms with E-state index in [9.17, 15) is 4.79 Å². The Morgan fingerprint density at radius 3 is 2.73 bits per heavy atom. The van der Waals surface area contributed by atoms with Gasteiger partial charge in [0.15, 0.2) is 0 Å². The normalized spacial score (nSPS) is 10.3. The van der Waals surface area contributed by atoms with Crippen LogP contribution in [0.3, 0.4) is 0 Å². The Balaban J connectivity index is 2.49. The molecule has 0 atom stereocenters. The lowest BCUT2D eigenvalue weighted by molar-refractivity contribution is 0.112. The first-order chi connectivity index (χ1) is 7.20. The van der Waals surface area contributed by atoms with E-state index in [4.69, 9.17) is 0 Å². The maximum atomic E-state index is 10.6. The van der Waals surface area contributed by atoms with E-state index in [1.807, 2.05) is 44.6 Å². The van der Waals surface area contributed by atoms with Crippen molar-refractivity contribution >= 4 is 6.29 Å². The van der Waals surface area contributed by atoms with E-state index in [2.05, 4.69) is 5.10 Å². The molecule has 2 aromatic rings. The molecule has 0 aliphatic carbocycles. The molecule has 76 valence electrons. The minimum atomic E-state index is 0.708. The number of nitrogens with zero attached hydrogens (tertiary/aromatic N) is 2. The Morgan fingerprint density at radius 1 is 1.40 bits per heavy atom. The van der Waals surface area contributed by atoms with Gasteiger partial charge in [0.1, 0.15) is 6.29 Å². The molecule has 0 saturated heterocycles. The number of aldehydes is 1. The van der Waals surface area contributed by atoms with E-state index in [-0.39, 0.29) is 0 Å². The predicted octanol–water partition coefficient (Wildman–Crippen LogP) is 2.21. The first kappa shape index (κ1) is 9.65. The fourth-order valence-electron chi connectivity index (χ4n) is 1.64. The molecule has 0 amide bonds. The number of carbonyl (C=O) groups excluding carboxylic acids is 1. The smallest absolute Gasteiger partial charge is 0.150 e. The number of hydrogen-bond acceptors (Lipinski definition) is 2. The van der Waals surface area contributed by atoms with Crippen molar-refractivity contribution in [3.05, 3.63) is 41.7 Å². The molecule has 1 aromatic heterocycles. The van der Waals surface area contributed by atoms with Gasteiger partial charge in [-0.2, -0.15) is 5.10 Å². The van der Waals surface area contributed by atoms with Crippen LogP contribution in [0.1, 0.15) is 15.9 Å². The van der Waals surface area contributed by atoms with Gasteiger partial charge in [-0.05, 0) is 24.1 Å². The summed E-state index contributed by atoms with van der Waals surface area (Å²) in [5, 5.41) is 4.12. The SMILES string of the molecule is Cc1cc(C=O)ccc1-c1cnn(C)c1. The molecule has 15 heavy (non-hydrogen) atoms. The lowest BCUT2D eigenvalue weighted by atomic mass is 10.0. The van der Waals surface area contributed by atoms with Gasteiger partial charge in [-0.15, -0.1) is 0 Å². The van der Waals surface area contributed by atoms with Crippen LogP contribution in [0.25, 0.3) is 11.1 Å². The third-order valence-corrected chi connectivity index (χ3v) is 2.40. The summed E-state index contributed by atoms with van der Waals surface area (Å²) in [4.78, 5) is 10.6. The molecule has 0 spiro atoms. The first-order valence-corrected chi connectivity index (χ1v) is 4.75. The first-order valence-electron chi connectivity index (χ1n) is 4.75. The molecule has 2 rings (SSSR count). The molecule has 1 heterocycles. The number of aromatic nitrogens is 2. The zero-order valence-electron chi connectivity index (χ0n) is 8.77. The van der Waals surface area contributed by atoms with Crippen LogP contribution in [0.4, 0.5) is 0 Å². The van der Waals surface area contributed by atoms with Crippen molar-refractivity contribution < 1.29 is 4.79 Å². The molecule has 0 bridgehead atoms. The maximum Gasteiger partial charge on any atom is 0.150 e. The second-order valence-corrected chi connectivity index (χ2v) is 3.59. The minimum Gasteiger partial charge on any atom is -0.298 e. The lowest BCUT2D eigenvalue weighted by Gasteiger charge is -2.03. The summed E-state index contributed by atoms with van der Waals surface area (Å²) in [7, 11) is 1.89. The van der Waals surface area contributed by atoms with Crippen LogP contribution in [0.2, 0.25) is 0 Å². The van der Waals surface area contributed by atoms with E-state index >= 15 is 0 Å². The van der Waals surface area contributed by atoms with Gasteiger partial charge in [0.25, 0.3) is 0 Å². The van der Waals surface area contributed by atoms with Crippen molar-refractivity contribution in [2.75, 3.05) is 0 Å². The van der Waals surface area contributed by atoms with Gasteiger partial charge in [-0.3, -0.25) is 9.48 Å². The Kier molecular flexibility index (Phi) is 2.37. The number of carbonyl (C=O) groups is 1. The van der Waals surface area contributed by atoms with Gasteiger partial charge in [-0.1, -0.05) is 12.1 Å². The fraction of sp³-hybridized carbons (Fsp3) is 0.167. The molecule has 0 radical (unpaired) electrons. The second-order valence-electron chi connectivity index (χ2n) is 3.59. The van der Waals surface area contributed by atoms with Crippen LogP contribution < -0.4 is 0 Å². The van der Waals surface area contributed by atoms with Crippen molar-refractivity contribution in [3.8, 4) is 11.1 Å². The van der Waals surface area contributed by atoms with Crippen LogP contribution in [0, 0.1) is 6.92 Å². The third kappa shape index (κ3) is 1.81. The average Bonchev–Trinajstić information content (AvgIpc) is 2.64. The van der Waals surface area contributed by atoms with Crippen LogP contribution in [-0.4, -0.2) is 16.1 Å². The summed E-state index contributed by atoms with van der Waals surface area (Å²) in [6, 6.07) is 5.66. The highest BCUT2D eigenvalue weighted by Crippen LogP contribution is 2.22. The van der Waals surface area contributed by atoms with Gasteiger partial charge in [0.05, 0.1) is 6.20 Å². The van der Waals surface area contributed by atoms with Crippen molar-refractivity contribution in [1.29, 1.82) is 0 Å². The molecule has 0 saturated carbocycles. The number of aryl methyl sites for hydroxylation is 2. The van der Waals surface area contributed by atoms with Crippen molar-refractivity contribution in [2.45, 2.75) is 6.92 Å². The average molecular weight is 200 g/mol. The van der Waals surface area contributed by atoms with Gasteiger partial charge < -0.3 is 0 Å². The molecule has 0 N–H and O–H groups in total. The molecular formula is C12H12N2O. The number of hydrogen-bond donors (Lipinski definition) is 0. The summed E-state index contributed by atoms with van der Waals surface area (Å²) in [5.41, 5.74) is 3.99. The van der Waals surface area contributed by atoms with E-state index < -0.39 is 0 Å². The Labute approximate surface area is 88.4 Å². The summed E-state index contributed by atoms with van der Waals surface area (Å²) < 4.78 is 1.77. The predicted molar refractivity (Wildman–Crippen MR) is 58.8 cm³/mol. The van der Waals surface area contributed by atoms with E-state index in [1.54, 1.807) is 4.68 Å². The molecule has 1 aromatic carbocycles. The molecule has 0 aliphatic rings. The van der Waals surface area contributed by atoms with Crippen LogP contribution in [0.15, 0.2) is 30.6 Å². The topological polar surface area (TPSA) is 34.9 Å². The fourth-order valence-corrected chi connectivity index (χ4v) is 1.64. The van der Waals surface area contributed by atoms with Crippen LogP contribution in [-0.2, 0) is 7.05 Å². The highest BCUT2D eigenvalue weighted by Gasteiger charge is 2.04. The quantitative estimate of drug-likeness (QED) is 0.696. The van der Waals surface area contributed by atoms with Crippen molar-refractivity contribution in [2.24, 2.45) is 7.05 Å². The zero-order valence-corrected chi connectivity index (χ0v) is 8.77. The Morgan fingerprint density at radius 2 is 2.20 bits per heavy atom. The van der Waals surface area contributed by atoms with Crippen molar-refractivity contribution in [1.82, 2.24) is 9.78 Å². The Bertz CT molecular complexity index is 500. The highest BCUT2D eigenvalue weighted by atomic mass is 16.1. The third-order valence-electron chi connectivity index (χ3n) is 2.40. The summed E-state index contributed by atoms with van der Waals surface area (Å²) in [6.45, 7) is 2.00. The van der Waals surface area contributed by atoms with Gasteiger partial charge >= 0.3 is 0 Å². The molecule has 0 unspecified atom stereocenters. The summed E-state index contributed by atoms with van der Waals surface area (Å²) in [6.07, 6.45) is 4.64. The molecular weight excluding hydrogens is 188 g/mol. The molecule has 3 nitrogen and oxygen atoms in total. The highest BCUT2D eigenvalue weighted by molar-refractivity contribution is 5.78. The standard InChI is InChI=1S/C12H12N2O/c1-9-5-10(8-15)3-4-12(9)11-6-13-14(2)7-11/h3-8H,1-2H3. The summed E-state index contributed by atoms with van der Waals surface area (Å²) in [5.74, 6) is 0. The van der Waals surface area contributed by atoms with Gasteiger partial charge in [0.2, 0.25) is 0 Å².